The molecule has 88 valence electrons. The monoisotopic (exact) mass is 220 g/mol. The molecule has 3 heteroatoms. The minimum atomic E-state index is 0.339. The molecule has 1 heterocycles. The largest absolute Gasteiger partial charge is 0.375 e. The molecule has 0 aromatic heterocycles. The molecule has 0 aliphatic carbocycles. The highest BCUT2D eigenvalue weighted by Gasteiger charge is 2.16. The average Bonchev–Trinajstić information content (AvgIpc) is 2.30. The van der Waals surface area contributed by atoms with Gasteiger partial charge in [0.2, 0.25) is 0 Å². The van der Waals surface area contributed by atoms with Gasteiger partial charge in [0.05, 0.1) is 12.7 Å². The molecule has 1 fully saturated rings. The van der Waals surface area contributed by atoms with Gasteiger partial charge in [0, 0.05) is 25.3 Å². The van der Waals surface area contributed by atoms with Crippen molar-refractivity contribution < 1.29 is 4.74 Å². The molecule has 0 bridgehead atoms. The van der Waals surface area contributed by atoms with Gasteiger partial charge in [-0.3, -0.25) is 0 Å². The molecule has 1 aromatic rings. The van der Waals surface area contributed by atoms with E-state index in [1.807, 2.05) is 7.05 Å². The normalized spacial score (nSPS) is 21.1. The van der Waals surface area contributed by atoms with Crippen LogP contribution in [-0.4, -0.2) is 32.8 Å². The Morgan fingerprint density at radius 1 is 1.38 bits per heavy atom. The lowest BCUT2D eigenvalue weighted by Gasteiger charge is -2.33. The molecule has 1 aliphatic heterocycles. The summed E-state index contributed by atoms with van der Waals surface area (Å²) in [6.07, 6.45) is 0.339. The van der Waals surface area contributed by atoms with Gasteiger partial charge in [0.25, 0.3) is 0 Å². The third-order valence-electron chi connectivity index (χ3n) is 2.92. The molecule has 0 spiro atoms. The van der Waals surface area contributed by atoms with E-state index in [-0.39, 0.29) is 0 Å². The van der Waals surface area contributed by atoms with Crippen LogP contribution in [-0.2, 0) is 11.3 Å². The van der Waals surface area contributed by atoms with Crippen molar-refractivity contribution in [2.45, 2.75) is 19.6 Å². The highest BCUT2D eigenvalue weighted by Crippen LogP contribution is 2.18. The van der Waals surface area contributed by atoms with Crippen molar-refractivity contribution in [2.24, 2.45) is 0 Å². The van der Waals surface area contributed by atoms with Crippen molar-refractivity contribution in [3.05, 3.63) is 29.8 Å². The third-order valence-corrected chi connectivity index (χ3v) is 2.92. The number of anilines is 1. The van der Waals surface area contributed by atoms with Crippen molar-refractivity contribution in [1.82, 2.24) is 5.32 Å². The van der Waals surface area contributed by atoms with E-state index in [4.69, 9.17) is 4.74 Å². The van der Waals surface area contributed by atoms with Gasteiger partial charge in [-0.1, -0.05) is 12.1 Å². The standard InChI is InChI=1S/C13H20N2O/c1-11-10-15(7-8-16-11)13-5-3-12(4-6-13)9-14-2/h3-6,11,14H,7-10H2,1-2H3. The van der Waals surface area contributed by atoms with Crippen LogP contribution < -0.4 is 10.2 Å². The summed E-state index contributed by atoms with van der Waals surface area (Å²) in [7, 11) is 1.97. The second-order valence-electron chi connectivity index (χ2n) is 4.32. The van der Waals surface area contributed by atoms with E-state index in [1.165, 1.54) is 11.3 Å². The van der Waals surface area contributed by atoms with Crippen LogP contribution in [0.15, 0.2) is 24.3 Å². The van der Waals surface area contributed by atoms with Gasteiger partial charge in [0.15, 0.2) is 0 Å². The smallest absolute Gasteiger partial charge is 0.0722 e. The summed E-state index contributed by atoms with van der Waals surface area (Å²) in [5.74, 6) is 0. The summed E-state index contributed by atoms with van der Waals surface area (Å²) in [4.78, 5) is 2.39. The number of hydrogen-bond donors (Lipinski definition) is 1. The Morgan fingerprint density at radius 3 is 2.75 bits per heavy atom. The first-order chi connectivity index (χ1) is 7.79. The van der Waals surface area contributed by atoms with E-state index in [0.717, 1.165) is 26.2 Å². The fraction of sp³-hybridized carbons (Fsp3) is 0.538. The first-order valence-electron chi connectivity index (χ1n) is 5.89. The second kappa shape index (κ2) is 5.32. The number of morpholine rings is 1. The van der Waals surface area contributed by atoms with E-state index in [2.05, 4.69) is 41.4 Å². The SMILES string of the molecule is CNCc1ccc(N2CCOC(C)C2)cc1. The zero-order valence-electron chi connectivity index (χ0n) is 10.1. The van der Waals surface area contributed by atoms with E-state index < -0.39 is 0 Å². The van der Waals surface area contributed by atoms with E-state index in [1.54, 1.807) is 0 Å². The molecule has 1 N–H and O–H groups in total. The Hall–Kier alpha value is -1.06. The maximum absolute atomic E-state index is 5.54. The number of benzene rings is 1. The first kappa shape index (κ1) is 11.4. The summed E-state index contributed by atoms with van der Waals surface area (Å²) in [5, 5.41) is 3.16. The number of nitrogens with zero attached hydrogens (tertiary/aromatic N) is 1. The molecule has 2 rings (SSSR count). The Labute approximate surface area is 97.4 Å². The van der Waals surface area contributed by atoms with Gasteiger partial charge in [-0.2, -0.15) is 0 Å². The Kier molecular flexibility index (Phi) is 3.80. The summed E-state index contributed by atoms with van der Waals surface area (Å²) < 4.78 is 5.54. The lowest BCUT2D eigenvalue weighted by atomic mass is 10.1. The molecule has 0 amide bonds. The Bertz CT molecular complexity index is 323. The Balaban J connectivity index is 2.03. The zero-order chi connectivity index (χ0) is 11.4. The third kappa shape index (κ3) is 2.74. The maximum Gasteiger partial charge on any atom is 0.0722 e. The summed E-state index contributed by atoms with van der Waals surface area (Å²) in [6.45, 7) is 5.88. The molecule has 1 atom stereocenters. The van der Waals surface area contributed by atoms with Gasteiger partial charge in [-0.05, 0) is 31.7 Å². The van der Waals surface area contributed by atoms with Crippen LogP contribution in [0.3, 0.4) is 0 Å². The topological polar surface area (TPSA) is 24.5 Å². The van der Waals surface area contributed by atoms with Gasteiger partial charge in [-0.25, -0.2) is 0 Å². The molecule has 3 nitrogen and oxygen atoms in total. The fourth-order valence-corrected chi connectivity index (χ4v) is 2.08. The van der Waals surface area contributed by atoms with Crippen LogP contribution >= 0.6 is 0 Å². The second-order valence-corrected chi connectivity index (χ2v) is 4.32. The van der Waals surface area contributed by atoms with Gasteiger partial charge in [0.1, 0.15) is 0 Å². The molecule has 0 radical (unpaired) electrons. The molecule has 16 heavy (non-hydrogen) atoms. The predicted octanol–water partition coefficient (Wildman–Crippen LogP) is 1.63. The lowest BCUT2D eigenvalue weighted by molar-refractivity contribution is 0.0532. The van der Waals surface area contributed by atoms with Crippen molar-refractivity contribution in [3.8, 4) is 0 Å². The van der Waals surface area contributed by atoms with Crippen molar-refractivity contribution in [1.29, 1.82) is 0 Å². The molecule has 1 unspecified atom stereocenters. The van der Waals surface area contributed by atoms with Crippen LogP contribution in [0.1, 0.15) is 12.5 Å². The fourth-order valence-electron chi connectivity index (χ4n) is 2.08. The number of rotatable bonds is 3. The van der Waals surface area contributed by atoms with Gasteiger partial charge in [-0.15, -0.1) is 0 Å². The maximum atomic E-state index is 5.54. The number of hydrogen-bond acceptors (Lipinski definition) is 3. The number of nitrogens with one attached hydrogen (secondary N) is 1. The van der Waals surface area contributed by atoms with E-state index in [9.17, 15) is 0 Å². The molecular formula is C13H20N2O. The van der Waals surface area contributed by atoms with Crippen molar-refractivity contribution in [2.75, 3.05) is 31.6 Å². The zero-order valence-corrected chi connectivity index (χ0v) is 10.1. The highest BCUT2D eigenvalue weighted by atomic mass is 16.5. The van der Waals surface area contributed by atoms with E-state index in [0.29, 0.717) is 6.10 Å². The summed E-state index contributed by atoms with van der Waals surface area (Å²) in [5.41, 5.74) is 2.63. The highest BCUT2D eigenvalue weighted by molar-refractivity contribution is 5.48. The van der Waals surface area contributed by atoms with Crippen LogP contribution in [0.2, 0.25) is 0 Å². The summed E-state index contributed by atoms with van der Waals surface area (Å²) in [6, 6.07) is 8.77. The first-order valence-corrected chi connectivity index (χ1v) is 5.89. The lowest BCUT2D eigenvalue weighted by Crippen LogP contribution is -2.41. The van der Waals surface area contributed by atoms with Crippen molar-refractivity contribution >= 4 is 5.69 Å². The number of ether oxygens (including phenoxy) is 1. The van der Waals surface area contributed by atoms with Crippen molar-refractivity contribution in [3.63, 3.8) is 0 Å². The molecular weight excluding hydrogens is 200 g/mol. The van der Waals surface area contributed by atoms with Crippen LogP contribution in [0.5, 0.6) is 0 Å². The van der Waals surface area contributed by atoms with Crippen LogP contribution in [0, 0.1) is 0 Å². The quantitative estimate of drug-likeness (QED) is 0.838. The molecule has 1 saturated heterocycles. The van der Waals surface area contributed by atoms with Crippen LogP contribution in [0.4, 0.5) is 5.69 Å². The molecule has 0 saturated carbocycles. The van der Waals surface area contributed by atoms with Gasteiger partial charge >= 0.3 is 0 Å². The predicted molar refractivity (Wildman–Crippen MR) is 66.8 cm³/mol. The van der Waals surface area contributed by atoms with E-state index >= 15 is 0 Å². The van der Waals surface area contributed by atoms with Crippen LogP contribution in [0.25, 0.3) is 0 Å². The minimum absolute atomic E-state index is 0.339. The summed E-state index contributed by atoms with van der Waals surface area (Å²) >= 11 is 0. The molecule has 1 aromatic carbocycles. The average molecular weight is 220 g/mol. The minimum Gasteiger partial charge on any atom is -0.375 e. The Morgan fingerprint density at radius 2 is 2.12 bits per heavy atom. The molecule has 1 aliphatic rings. The van der Waals surface area contributed by atoms with Gasteiger partial charge < -0.3 is 15.0 Å².